The van der Waals surface area contributed by atoms with Crippen LogP contribution in [-0.2, 0) is 14.8 Å². The molecule has 2 rings (SSSR count). The third-order valence-electron chi connectivity index (χ3n) is 3.35. The standard InChI is InChI=1S/C18H20Cl2N2O4S/c1-11(2)22-27(24,25)16-4-5-17(12(3)6-16)26-10-18(23)21-15-8-13(19)7-14(20)9-15/h4-9,11,22H,10H2,1-3H3,(H,21,23). The summed E-state index contributed by atoms with van der Waals surface area (Å²) in [6.45, 7) is 4.95. The maximum absolute atomic E-state index is 12.2. The Morgan fingerprint density at radius 3 is 2.30 bits per heavy atom. The lowest BCUT2D eigenvalue weighted by Gasteiger charge is -2.13. The van der Waals surface area contributed by atoms with Gasteiger partial charge >= 0.3 is 0 Å². The maximum Gasteiger partial charge on any atom is 0.262 e. The van der Waals surface area contributed by atoms with Crippen molar-refractivity contribution in [1.82, 2.24) is 4.72 Å². The Hall–Kier alpha value is -1.80. The molecule has 0 aliphatic heterocycles. The van der Waals surface area contributed by atoms with E-state index in [2.05, 4.69) is 10.0 Å². The van der Waals surface area contributed by atoms with E-state index in [-0.39, 0.29) is 17.5 Å². The molecule has 0 aromatic heterocycles. The number of nitrogens with one attached hydrogen (secondary N) is 2. The van der Waals surface area contributed by atoms with E-state index < -0.39 is 15.9 Å². The summed E-state index contributed by atoms with van der Waals surface area (Å²) in [7, 11) is -3.59. The monoisotopic (exact) mass is 430 g/mol. The van der Waals surface area contributed by atoms with Crippen molar-refractivity contribution in [1.29, 1.82) is 0 Å². The van der Waals surface area contributed by atoms with Gasteiger partial charge in [-0.1, -0.05) is 23.2 Å². The van der Waals surface area contributed by atoms with Crippen molar-refractivity contribution < 1.29 is 17.9 Å². The van der Waals surface area contributed by atoms with E-state index in [1.54, 1.807) is 39.0 Å². The van der Waals surface area contributed by atoms with Gasteiger partial charge in [-0.15, -0.1) is 0 Å². The van der Waals surface area contributed by atoms with Gasteiger partial charge in [0.25, 0.3) is 5.91 Å². The molecule has 6 nitrogen and oxygen atoms in total. The first-order chi connectivity index (χ1) is 12.6. The fraction of sp³-hybridized carbons (Fsp3) is 0.278. The quantitative estimate of drug-likeness (QED) is 0.694. The molecule has 27 heavy (non-hydrogen) atoms. The number of rotatable bonds is 7. The summed E-state index contributed by atoms with van der Waals surface area (Å²) in [6.07, 6.45) is 0. The number of sulfonamides is 1. The Morgan fingerprint density at radius 2 is 1.74 bits per heavy atom. The summed E-state index contributed by atoms with van der Waals surface area (Å²) < 4.78 is 32.4. The van der Waals surface area contributed by atoms with E-state index in [0.29, 0.717) is 27.0 Å². The number of ether oxygens (including phenoxy) is 1. The van der Waals surface area contributed by atoms with Crippen LogP contribution in [0.5, 0.6) is 5.75 Å². The van der Waals surface area contributed by atoms with Crippen LogP contribution in [0, 0.1) is 6.92 Å². The molecule has 2 N–H and O–H groups in total. The van der Waals surface area contributed by atoms with Crippen molar-refractivity contribution in [3.63, 3.8) is 0 Å². The molecule has 0 radical (unpaired) electrons. The zero-order chi connectivity index (χ0) is 20.2. The number of carbonyl (C=O) groups is 1. The van der Waals surface area contributed by atoms with Gasteiger partial charge in [-0.2, -0.15) is 0 Å². The predicted octanol–water partition coefficient (Wildman–Crippen LogP) is 4.01. The molecule has 2 aromatic carbocycles. The van der Waals surface area contributed by atoms with Crippen LogP contribution in [0.1, 0.15) is 19.4 Å². The van der Waals surface area contributed by atoms with E-state index >= 15 is 0 Å². The first kappa shape index (κ1) is 21.5. The molecule has 1 amide bonds. The maximum atomic E-state index is 12.2. The lowest BCUT2D eigenvalue weighted by atomic mass is 10.2. The molecule has 0 saturated carbocycles. The Bertz CT molecular complexity index is 926. The van der Waals surface area contributed by atoms with E-state index in [4.69, 9.17) is 27.9 Å². The van der Waals surface area contributed by atoms with Gasteiger partial charge < -0.3 is 10.1 Å². The Labute approximate surface area is 168 Å². The minimum atomic E-state index is -3.59. The third-order valence-corrected chi connectivity index (χ3v) is 5.45. The molecule has 0 saturated heterocycles. The van der Waals surface area contributed by atoms with Crippen molar-refractivity contribution in [2.75, 3.05) is 11.9 Å². The summed E-state index contributed by atoms with van der Waals surface area (Å²) in [5, 5.41) is 3.44. The number of anilines is 1. The Balaban J connectivity index is 2.02. The average molecular weight is 431 g/mol. The number of halogens is 2. The molecule has 2 aromatic rings. The van der Waals surface area contributed by atoms with Gasteiger partial charge in [0.2, 0.25) is 10.0 Å². The van der Waals surface area contributed by atoms with Crippen LogP contribution in [0.3, 0.4) is 0 Å². The van der Waals surface area contributed by atoms with Crippen LogP contribution in [0.4, 0.5) is 5.69 Å². The average Bonchev–Trinajstić information content (AvgIpc) is 2.51. The molecule has 0 fully saturated rings. The van der Waals surface area contributed by atoms with Crippen LogP contribution in [0.2, 0.25) is 10.0 Å². The minimum Gasteiger partial charge on any atom is -0.483 e. The van der Waals surface area contributed by atoms with Crippen LogP contribution < -0.4 is 14.8 Å². The number of hydrogen-bond acceptors (Lipinski definition) is 4. The largest absolute Gasteiger partial charge is 0.483 e. The van der Waals surface area contributed by atoms with Gasteiger partial charge in [-0.3, -0.25) is 4.79 Å². The van der Waals surface area contributed by atoms with Gasteiger partial charge in [-0.05, 0) is 62.7 Å². The second-order valence-corrected chi connectivity index (χ2v) is 8.79. The number of carbonyl (C=O) groups excluding carboxylic acids is 1. The van der Waals surface area contributed by atoms with Crippen LogP contribution >= 0.6 is 23.2 Å². The third kappa shape index (κ3) is 6.39. The molecule has 0 bridgehead atoms. The predicted molar refractivity (Wildman–Crippen MR) is 107 cm³/mol. The number of amides is 1. The molecular weight excluding hydrogens is 411 g/mol. The Kier molecular flexibility index (Phi) is 7.11. The van der Waals surface area contributed by atoms with Crippen molar-refractivity contribution in [2.24, 2.45) is 0 Å². The summed E-state index contributed by atoms with van der Waals surface area (Å²) >= 11 is 11.8. The van der Waals surface area contributed by atoms with Gasteiger partial charge in [0, 0.05) is 21.8 Å². The SMILES string of the molecule is Cc1cc(S(=O)(=O)NC(C)C)ccc1OCC(=O)Nc1cc(Cl)cc(Cl)c1. The second kappa shape index (κ2) is 8.93. The molecule has 146 valence electrons. The fourth-order valence-electron chi connectivity index (χ4n) is 2.30. The molecule has 0 heterocycles. The van der Waals surface area contributed by atoms with Gasteiger partial charge in [0.05, 0.1) is 4.90 Å². The first-order valence-electron chi connectivity index (χ1n) is 8.08. The van der Waals surface area contributed by atoms with Gasteiger partial charge in [-0.25, -0.2) is 13.1 Å². The van der Waals surface area contributed by atoms with Crippen molar-refractivity contribution >= 4 is 44.8 Å². The highest BCUT2D eigenvalue weighted by atomic mass is 35.5. The first-order valence-corrected chi connectivity index (χ1v) is 10.3. The lowest BCUT2D eigenvalue weighted by molar-refractivity contribution is -0.118. The van der Waals surface area contributed by atoms with E-state index in [1.165, 1.54) is 18.2 Å². The van der Waals surface area contributed by atoms with Crippen molar-refractivity contribution in [3.8, 4) is 5.75 Å². The number of aryl methyl sites for hydroxylation is 1. The van der Waals surface area contributed by atoms with Crippen molar-refractivity contribution in [3.05, 3.63) is 52.0 Å². The van der Waals surface area contributed by atoms with E-state index in [0.717, 1.165) is 0 Å². The van der Waals surface area contributed by atoms with Gasteiger partial charge in [0.1, 0.15) is 5.75 Å². The van der Waals surface area contributed by atoms with Gasteiger partial charge in [0.15, 0.2) is 6.61 Å². The molecule has 0 unspecified atom stereocenters. The molecule has 0 aliphatic carbocycles. The number of hydrogen-bond donors (Lipinski definition) is 2. The minimum absolute atomic E-state index is 0.138. The zero-order valence-corrected chi connectivity index (χ0v) is 17.4. The highest BCUT2D eigenvalue weighted by Gasteiger charge is 2.17. The van der Waals surface area contributed by atoms with Crippen molar-refractivity contribution in [2.45, 2.75) is 31.7 Å². The summed E-state index contributed by atoms with van der Waals surface area (Å²) in [5.41, 5.74) is 1.05. The highest BCUT2D eigenvalue weighted by molar-refractivity contribution is 7.89. The molecule has 9 heteroatoms. The molecule has 0 aliphatic rings. The fourth-order valence-corrected chi connectivity index (χ4v) is 4.16. The smallest absolute Gasteiger partial charge is 0.262 e. The summed E-state index contributed by atoms with van der Waals surface area (Å²) in [6, 6.07) is 8.93. The highest BCUT2D eigenvalue weighted by Crippen LogP contribution is 2.24. The van der Waals surface area contributed by atoms with E-state index in [1.807, 2.05) is 0 Å². The molecule has 0 atom stereocenters. The molecular formula is C18H20Cl2N2O4S. The van der Waals surface area contributed by atoms with Crippen LogP contribution in [0.15, 0.2) is 41.3 Å². The van der Waals surface area contributed by atoms with E-state index in [9.17, 15) is 13.2 Å². The lowest BCUT2D eigenvalue weighted by Crippen LogP contribution is -2.30. The topological polar surface area (TPSA) is 84.5 Å². The van der Waals surface area contributed by atoms with Crippen LogP contribution in [-0.4, -0.2) is 27.0 Å². The Morgan fingerprint density at radius 1 is 1.11 bits per heavy atom. The zero-order valence-electron chi connectivity index (χ0n) is 15.0. The van der Waals surface area contributed by atoms with Crippen LogP contribution in [0.25, 0.3) is 0 Å². The normalized spacial score (nSPS) is 11.5. The summed E-state index contributed by atoms with van der Waals surface area (Å²) in [5.74, 6) is 0.0173. The second-order valence-electron chi connectivity index (χ2n) is 6.20. The summed E-state index contributed by atoms with van der Waals surface area (Å²) in [4.78, 5) is 12.2. The number of benzene rings is 2. The molecule has 0 spiro atoms.